The number of carbonyl (C=O) groups is 3. The first kappa shape index (κ1) is 20.6. The summed E-state index contributed by atoms with van der Waals surface area (Å²) in [5.74, 6) is -0.538. The van der Waals surface area contributed by atoms with E-state index >= 15 is 0 Å². The van der Waals surface area contributed by atoms with Crippen LogP contribution >= 0.6 is 0 Å². The predicted octanol–water partition coefficient (Wildman–Crippen LogP) is 3.18. The van der Waals surface area contributed by atoms with E-state index in [0.29, 0.717) is 24.3 Å². The molecule has 0 spiro atoms. The van der Waals surface area contributed by atoms with Crippen molar-refractivity contribution in [3.05, 3.63) is 59.2 Å². The van der Waals surface area contributed by atoms with Gasteiger partial charge in [-0.15, -0.1) is 0 Å². The van der Waals surface area contributed by atoms with Gasteiger partial charge in [-0.3, -0.25) is 14.4 Å². The molecule has 0 aromatic heterocycles. The Kier molecular flexibility index (Phi) is 6.32. The van der Waals surface area contributed by atoms with Crippen LogP contribution in [0.3, 0.4) is 0 Å². The normalized spacial score (nSPS) is 13.9. The highest BCUT2D eigenvalue weighted by atomic mass is 16.2. The Labute approximate surface area is 171 Å². The van der Waals surface area contributed by atoms with Gasteiger partial charge in [0, 0.05) is 43.1 Å². The number of hydrogen-bond donors (Lipinski definition) is 1. The van der Waals surface area contributed by atoms with Crippen molar-refractivity contribution in [2.45, 2.75) is 27.2 Å². The van der Waals surface area contributed by atoms with Gasteiger partial charge < -0.3 is 15.1 Å². The van der Waals surface area contributed by atoms with Gasteiger partial charge in [-0.2, -0.15) is 0 Å². The molecule has 6 nitrogen and oxygen atoms in total. The van der Waals surface area contributed by atoms with Crippen LogP contribution in [0.25, 0.3) is 0 Å². The van der Waals surface area contributed by atoms with Crippen molar-refractivity contribution < 1.29 is 14.4 Å². The summed E-state index contributed by atoms with van der Waals surface area (Å²) in [7, 11) is 0. The highest BCUT2D eigenvalue weighted by Crippen LogP contribution is 2.24. The number of piperazine rings is 1. The summed E-state index contributed by atoms with van der Waals surface area (Å²) in [4.78, 5) is 40.1. The predicted molar refractivity (Wildman–Crippen MR) is 114 cm³/mol. The second-order valence-corrected chi connectivity index (χ2v) is 7.45. The molecule has 0 bridgehead atoms. The van der Waals surface area contributed by atoms with Gasteiger partial charge in [-0.05, 0) is 62.2 Å². The van der Waals surface area contributed by atoms with Crippen molar-refractivity contribution in [3.63, 3.8) is 0 Å². The summed E-state index contributed by atoms with van der Waals surface area (Å²) in [6.45, 7) is 8.43. The van der Waals surface area contributed by atoms with Crippen LogP contribution in [0.5, 0.6) is 0 Å². The third-order valence-electron chi connectivity index (χ3n) is 5.44. The van der Waals surface area contributed by atoms with Gasteiger partial charge >= 0.3 is 0 Å². The average molecular weight is 393 g/mol. The number of nitrogens with one attached hydrogen (secondary N) is 1. The van der Waals surface area contributed by atoms with E-state index in [1.54, 1.807) is 29.2 Å². The molecule has 0 radical (unpaired) electrons. The Morgan fingerprint density at radius 1 is 0.931 bits per heavy atom. The molecule has 0 aliphatic carbocycles. The van der Waals surface area contributed by atoms with E-state index in [1.165, 1.54) is 23.7 Å². The molecule has 2 aromatic carbocycles. The molecule has 1 saturated heterocycles. The molecule has 3 rings (SSSR count). The minimum Gasteiger partial charge on any atom is -0.368 e. The molecule has 152 valence electrons. The second kappa shape index (κ2) is 8.90. The van der Waals surface area contributed by atoms with E-state index in [4.69, 9.17) is 0 Å². The number of carbonyl (C=O) groups excluding carboxylic acids is 3. The van der Waals surface area contributed by atoms with Crippen molar-refractivity contribution in [2.24, 2.45) is 0 Å². The van der Waals surface area contributed by atoms with Crippen LogP contribution in [-0.2, 0) is 9.59 Å². The number of aryl methyl sites for hydroxylation is 1. The van der Waals surface area contributed by atoms with Crippen molar-refractivity contribution in [2.75, 3.05) is 36.4 Å². The lowest BCUT2D eigenvalue weighted by Gasteiger charge is -2.37. The molecular weight excluding hydrogens is 366 g/mol. The fraction of sp³-hybridized carbons (Fsp3) is 0.348. The van der Waals surface area contributed by atoms with E-state index in [1.807, 2.05) is 0 Å². The minimum atomic E-state index is -0.345. The van der Waals surface area contributed by atoms with Gasteiger partial charge in [-0.1, -0.05) is 12.1 Å². The zero-order valence-corrected chi connectivity index (χ0v) is 17.2. The van der Waals surface area contributed by atoms with Gasteiger partial charge in [0.25, 0.3) is 0 Å². The van der Waals surface area contributed by atoms with Crippen LogP contribution in [0, 0.1) is 13.8 Å². The standard InChI is InChI=1S/C23H27N3O3/c1-16-5-4-6-21(17(16)2)25-11-13-26(14-12-25)23(29)15-22(28)24-20-9-7-19(8-10-20)18(3)27/h4-10H,11-15H2,1-3H3,(H,24,28). The molecule has 1 fully saturated rings. The molecule has 1 N–H and O–H groups in total. The van der Waals surface area contributed by atoms with Gasteiger partial charge in [0.2, 0.25) is 11.8 Å². The monoisotopic (exact) mass is 393 g/mol. The van der Waals surface area contributed by atoms with Crippen LogP contribution in [0.2, 0.25) is 0 Å². The minimum absolute atomic E-state index is 0.0296. The maximum Gasteiger partial charge on any atom is 0.233 e. The quantitative estimate of drug-likeness (QED) is 0.626. The first-order chi connectivity index (χ1) is 13.8. The fourth-order valence-electron chi connectivity index (χ4n) is 3.52. The summed E-state index contributed by atoms with van der Waals surface area (Å²) in [5, 5.41) is 2.72. The summed E-state index contributed by atoms with van der Waals surface area (Å²) < 4.78 is 0. The second-order valence-electron chi connectivity index (χ2n) is 7.45. The number of anilines is 2. The Hall–Kier alpha value is -3.15. The Morgan fingerprint density at radius 2 is 1.59 bits per heavy atom. The first-order valence-corrected chi connectivity index (χ1v) is 9.85. The van der Waals surface area contributed by atoms with E-state index < -0.39 is 0 Å². The first-order valence-electron chi connectivity index (χ1n) is 9.85. The summed E-state index contributed by atoms with van der Waals surface area (Å²) >= 11 is 0. The lowest BCUT2D eigenvalue weighted by molar-refractivity contribution is -0.134. The van der Waals surface area contributed by atoms with Crippen LogP contribution in [0.15, 0.2) is 42.5 Å². The van der Waals surface area contributed by atoms with Crippen LogP contribution < -0.4 is 10.2 Å². The number of nitrogens with zero attached hydrogens (tertiary/aromatic N) is 2. The van der Waals surface area contributed by atoms with Crippen LogP contribution in [0.1, 0.15) is 34.8 Å². The summed E-state index contributed by atoms with van der Waals surface area (Å²) in [6, 6.07) is 12.9. The average Bonchev–Trinajstić information content (AvgIpc) is 2.70. The lowest BCUT2D eigenvalue weighted by atomic mass is 10.1. The van der Waals surface area contributed by atoms with Gasteiger partial charge in [0.05, 0.1) is 0 Å². The van der Waals surface area contributed by atoms with Crippen LogP contribution in [0.4, 0.5) is 11.4 Å². The molecule has 29 heavy (non-hydrogen) atoms. The largest absolute Gasteiger partial charge is 0.368 e. The Bertz CT molecular complexity index is 913. The highest BCUT2D eigenvalue weighted by Gasteiger charge is 2.23. The number of hydrogen-bond acceptors (Lipinski definition) is 4. The van der Waals surface area contributed by atoms with E-state index in [9.17, 15) is 14.4 Å². The smallest absolute Gasteiger partial charge is 0.233 e. The van der Waals surface area contributed by atoms with Crippen molar-refractivity contribution in [1.29, 1.82) is 0 Å². The lowest BCUT2D eigenvalue weighted by Crippen LogP contribution is -2.49. The number of amides is 2. The molecule has 2 aromatic rings. The number of ketones is 1. The molecule has 1 aliphatic heterocycles. The molecule has 1 aliphatic rings. The van der Waals surface area contributed by atoms with Gasteiger partial charge in [0.1, 0.15) is 6.42 Å². The molecule has 0 saturated carbocycles. The summed E-state index contributed by atoms with van der Waals surface area (Å²) in [6.07, 6.45) is -0.183. The highest BCUT2D eigenvalue weighted by molar-refractivity contribution is 6.04. The molecule has 1 heterocycles. The number of rotatable bonds is 5. The maximum atomic E-state index is 12.5. The zero-order valence-electron chi connectivity index (χ0n) is 17.2. The molecule has 2 amide bonds. The van der Waals surface area contributed by atoms with Crippen molar-refractivity contribution >= 4 is 29.0 Å². The van der Waals surface area contributed by atoms with E-state index in [0.717, 1.165) is 13.1 Å². The number of Topliss-reactive ketones (excluding diaryl/α,β-unsaturated/α-hetero) is 1. The van der Waals surface area contributed by atoms with Gasteiger partial charge in [0.15, 0.2) is 5.78 Å². The summed E-state index contributed by atoms with van der Waals surface area (Å²) in [5.41, 5.74) is 4.90. The fourth-order valence-corrected chi connectivity index (χ4v) is 3.52. The third-order valence-corrected chi connectivity index (χ3v) is 5.44. The van der Waals surface area contributed by atoms with Crippen LogP contribution in [-0.4, -0.2) is 48.7 Å². The van der Waals surface area contributed by atoms with E-state index in [2.05, 4.69) is 42.3 Å². The maximum absolute atomic E-state index is 12.5. The van der Waals surface area contributed by atoms with Gasteiger partial charge in [-0.25, -0.2) is 0 Å². The SMILES string of the molecule is CC(=O)c1ccc(NC(=O)CC(=O)N2CCN(c3cccc(C)c3C)CC2)cc1. The van der Waals surface area contributed by atoms with E-state index in [-0.39, 0.29) is 24.0 Å². The molecule has 0 atom stereocenters. The Morgan fingerprint density at radius 3 is 2.21 bits per heavy atom. The Balaban J connectivity index is 1.51. The number of benzene rings is 2. The zero-order chi connectivity index (χ0) is 21.0. The third kappa shape index (κ3) is 5.02. The van der Waals surface area contributed by atoms with Crippen molar-refractivity contribution in [3.8, 4) is 0 Å². The molecule has 0 unspecified atom stereocenters. The topological polar surface area (TPSA) is 69.7 Å². The molecular formula is C23H27N3O3. The van der Waals surface area contributed by atoms with Crippen molar-refractivity contribution in [1.82, 2.24) is 4.90 Å². The molecule has 6 heteroatoms.